The molecule has 0 unspecified atom stereocenters. The number of carbonyl (C=O) groups excluding carboxylic acids is 1. The zero-order valence-corrected chi connectivity index (χ0v) is 10.8. The highest BCUT2D eigenvalue weighted by Crippen LogP contribution is 2.15. The molecule has 0 bridgehead atoms. The highest BCUT2D eigenvalue weighted by molar-refractivity contribution is 5.75. The SMILES string of the molecule is CC(C)(C)ON(C=O)Cc1ccc2nc[nH]c2c1. The molecule has 1 aromatic heterocycles. The molecule has 0 fully saturated rings. The summed E-state index contributed by atoms with van der Waals surface area (Å²) in [6.45, 7) is 6.13. The Bertz CT molecular complexity index is 542. The molecule has 0 spiro atoms. The van der Waals surface area contributed by atoms with Gasteiger partial charge in [0, 0.05) is 0 Å². The normalized spacial score (nSPS) is 11.7. The first-order chi connectivity index (χ1) is 8.48. The average Bonchev–Trinajstić information content (AvgIpc) is 2.73. The summed E-state index contributed by atoms with van der Waals surface area (Å²) in [6, 6.07) is 5.82. The average molecular weight is 247 g/mol. The van der Waals surface area contributed by atoms with Gasteiger partial charge in [0.25, 0.3) is 0 Å². The van der Waals surface area contributed by atoms with Gasteiger partial charge in [0.1, 0.15) is 0 Å². The van der Waals surface area contributed by atoms with E-state index in [1.807, 2.05) is 39.0 Å². The van der Waals surface area contributed by atoms with Gasteiger partial charge in [0.2, 0.25) is 6.41 Å². The third-order valence-corrected chi connectivity index (χ3v) is 2.33. The largest absolute Gasteiger partial charge is 0.345 e. The predicted molar refractivity (Wildman–Crippen MR) is 68.5 cm³/mol. The van der Waals surface area contributed by atoms with Gasteiger partial charge < -0.3 is 4.98 Å². The van der Waals surface area contributed by atoms with Crippen molar-refractivity contribution >= 4 is 17.4 Å². The van der Waals surface area contributed by atoms with E-state index in [0.29, 0.717) is 13.0 Å². The molecule has 96 valence electrons. The minimum Gasteiger partial charge on any atom is -0.345 e. The lowest BCUT2D eigenvalue weighted by Crippen LogP contribution is -2.32. The first-order valence-electron chi connectivity index (χ1n) is 5.81. The number of H-pyrrole nitrogens is 1. The lowest BCUT2D eigenvalue weighted by Gasteiger charge is -2.26. The van der Waals surface area contributed by atoms with Crippen molar-refractivity contribution in [3.05, 3.63) is 30.1 Å². The quantitative estimate of drug-likeness (QED) is 0.666. The molecule has 0 aliphatic heterocycles. The number of fused-ring (bicyclic) bond motifs is 1. The lowest BCUT2D eigenvalue weighted by molar-refractivity contribution is -0.220. The number of imidazole rings is 1. The van der Waals surface area contributed by atoms with E-state index in [9.17, 15) is 4.79 Å². The maximum Gasteiger partial charge on any atom is 0.233 e. The van der Waals surface area contributed by atoms with Gasteiger partial charge in [-0.25, -0.2) is 10.0 Å². The summed E-state index contributed by atoms with van der Waals surface area (Å²) in [4.78, 5) is 23.7. The molecule has 0 saturated heterocycles. The standard InChI is InChI=1S/C13H17N3O2/c1-13(2,3)18-16(9-17)7-10-4-5-11-12(6-10)15-8-14-11/h4-6,8-9H,7H2,1-3H3,(H,14,15). The Morgan fingerprint density at radius 3 is 2.89 bits per heavy atom. The summed E-state index contributed by atoms with van der Waals surface area (Å²) >= 11 is 0. The van der Waals surface area contributed by atoms with Crippen LogP contribution in [0.25, 0.3) is 11.0 Å². The van der Waals surface area contributed by atoms with Gasteiger partial charge in [-0.2, -0.15) is 0 Å². The van der Waals surface area contributed by atoms with Crippen LogP contribution in [-0.4, -0.2) is 27.0 Å². The van der Waals surface area contributed by atoms with E-state index in [0.717, 1.165) is 16.6 Å². The molecule has 0 saturated carbocycles. The van der Waals surface area contributed by atoms with E-state index in [-0.39, 0.29) is 5.60 Å². The number of hydrogen-bond acceptors (Lipinski definition) is 3. The van der Waals surface area contributed by atoms with E-state index in [2.05, 4.69) is 9.97 Å². The summed E-state index contributed by atoms with van der Waals surface area (Å²) < 4.78 is 0. The third kappa shape index (κ3) is 3.07. The first kappa shape index (κ1) is 12.6. The smallest absolute Gasteiger partial charge is 0.233 e. The van der Waals surface area contributed by atoms with Gasteiger partial charge in [0.15, 0.2) is 0 Å². The molecule has 18 heavy (non-hydrogen) atoms. The summed E-state index contributed by atoms with van der Waals surface area (Å²) in [6.07, 6.45) is 2.35. The minimum absolute atomic E-state index is 0.390. The Hall–Kier alpha value is -1.88. The zero-order valence-electron chi connectivity index (χ0n) is 10.8. The highest BCUT2D eigenvalue weighted by Gasteiger charge is 2.16. The van der Waals surface area contributed by atoms with Crippen LogP contribution in [0.1, 0.15) is 26.3 Å². The third-order valence-electron chi connectivity index (χ3n) is 2.33. The van der Waals surface area contributed by atoms with Crippen molar-refractivity contribution in [3.8, 4) is 0 Å². The fourth-order valence-corrected chi connectivity index (χ4v) is 1.70. The molecule has 5 heteroatoms. The van der Waals surface area contributed by atoms with Crippen molar-refractivity contribution in [3.63, 3.8) is 0 Å². The van der Waals surface area contributed by atoms with Gasteiger partial charge in [-0.15, -0.1) is 0 Å². The van der Waals surface area contributed by atoms with Crippen molar-refractivity contribution in [1.29, 1.82) is 0 Å². The van der Waals surface area contributed by atoms with Crippen LogP contribution in [0.2, 0.25) is 0 Å². The number of hydrogen-bond donors (Lipinski definition) is 1. The van der Waals surface area contributed by atoms with Crippen LogP contribution in [0.3, 0.4) is 0 Å². The molecular weight excluding hydrogens is 230 g/mol. The fraction of sp³-hybridized carbons (Fsp3) is 0.385. The second-order valence-corrected chi connectivity index (χ2v) is 5.14. The van der Waals surface area contributed by atoms with Crippen LogP contribution in [0, 0.1) is 0 Å². The molecular formula is C13H17N3O2. The van der Waals surface area contributed by atoms with Crippen LogP contribution in [-0.2, 0) is 16.2 Å². The topological polar surface area (TPSA) is 58.2 Å². The Morgan fingerprint density at radius 1 is 1.44 bits per heavy atom. The number of hydroxylamine groups is 2. The molecule has 1 amide bonds. The summed E-state index contributed by atoms with van der Waals surface area (Å²) in [5.41, 5.74) is 2.46. The summed E-state index contributed by atoms with van der Waals surface area (Å²) in [5, 5.41) is 1.30. The van der Waals surface area contributed by atoms with Crippen LogP contribution in [0.15, 0.2) is 24.5 Å². The molecule has 1 N–H and O–H groups in total. The van der Waals surface area contributed by atoms with Crippen molar-refractivity contribution in [1.82, 2.24) is 15.0 Å². The van der Waals surface area contributed by atoms with Crippen LogP contribution >= 0.6 is 0 Å². The van der Waals surface area contributed by atoms with E-state index in [1.54, 1.807) is 6.33 Å². The number of nitrogens with one attached hydrogen (secondary N) is 1. The Morgan fingerprint density at radius 2 is 2.22 bits per heavy atom. The van der Waals surface area contributed by atoms with Crippen LogP contribution < -0.4 is 0 Å². The molecule has 0 aliphatic carbocycles. The number of carbonyl (C=O) groups is 1. The van der Waals surface area contributed by atoms with E-state index < -0.39 is 0 Å². The van der Waals surface area contributed by atoms with Crippen molar-refractivity contribution < 1.29 is 9.63 Å². The zero-order chi connectivity index (χ0) is 13.2. The predicted octanol–water partition coefficient (Wildman–Crippen LogP) is 2.25. The Balaban J connectivity index is 2.13. The van der Waals surface area contributed by atoms with E-state index in [1.165, 1.54) is 5.06 Å². The fourth-order valence-electron chi connectivity index (χ4n) is 1.70. The molecule has 1 heterocycles. The molecule has 1 aromatic carbocycles. The van der Waals surface area contributed by atoms with Crippen molar-refractivity contribution in [2.75, 3.05) is 0 Å². The first-order valence-corrected chi connectivity index (χ1v) is 5.81. The van der Waals surface area contributed by atoms with E-state index >= 15 is 0 Å². The molecule has 0 aliphatic rings. The summed E-state index contributed by atoms with van der Waals surface area (Å²) in [5.74, 6) is 0. The number of benzene rings is 1. The minimum atomic E-state index is -0.390. The Kier molecular flexibility index (Phi) is 3.34. The molecule has 5 nitrogen and oxygen atoms in total. The molecule has 2 aromatic rings. The number of amides is 1. The number of rotatable bonds is 4. The van der Waals surface area contributed by atoms with Crippen LogP contribution in [0.5, 0.6) is 0 Å². The number of aromatic amines is 1. The molecule has 0 atom stereocenters. The van der Waals surface area contributed by atoms with Gasteiger partial charge in [0.05, 0.1) is 29.5 Å². The van der Waals surface area contributed by atoms with Gasteiger partial charge in [-0.1, -0.05) is 6.07 Å². The lowest BCUT2D eigenvalue weighted by atomic mass is 10.2. The van der Waals surface area contributed by atoms with E-state index in [4.69, 9.17) is 4.84 Å². The number of aromatic nitrogens is 2. The monoisotopic (exact) mass is 247 g/mol. The second-order valence-electron chi connectivity index (χ2n) is 5.14. The molecule has 0 radical (unpaired) electrons. The summed E-state index contributed by atoms with van der Waals surface area (Å²) in [7, 11) is 0. The van der Waals surface area contributed by atoms with Gasteiger partial charge >= 0.3 is 0 Å². The van der Waals surface area contributed by atoms with Crippen LogP contribution in [0.4, 0.5) is 0 Å². The maximum atomic E-state index is 11.0. The highest BCUT2D eigenvalue weighted by atomic mass is 16.7. The van der Waals surface area contributed by atoms with Gasteiger partial charge in [-0.05, 0) is 38.5 Å². The van der Waals surface area contributed by atoms with Gasteiger partial charge in [-0.3, -0.25) is 9.63 Å². The second kappa shape index (κ2) is 4.78. The van der Waals surface area contributed by atoms with Crippen molar-refractivity contribution in [2.24, 2.45) is 0 Å². The number of nitrogens with zero attached hydrogens (tertiary/aromatic N) is 2. The van der Waals surface area contributed by atoms with Crippen molar-refractivity contribution in [2.45, 2.75) is 32.9 Å². The Labute approximate surface area is 106 Å². The molecule has 2 rings (SSSR count). The maximum absolute atomic E-state index is 11.0.